The third-order valence-electron chi connectivity index (χ3n) is 2.95. The van der Waals surface area contributed by atoms with E-state index < -0.39 is 45.6 Å². The summed E-state index contributed by atoms with van der Waals surface area (Å²) in [6.45, 7) is 2.64. The van der Waals surface area contributed by atoms with Gasteiger partial charge >= 0.3 is 18.1 Å². The molecule has 0 spiro atoms. The second-order valence-electron chi connectivity index (χ2n) is 5.27. The minimum Gasteiger partial charge on any atom is -0.419 e. The van der Waals surface area contributed by atoms with Gasteiger partial charge in [0.05, 0.1) is 4.92 Å². The maximum Gasteiger partial charge on any atom is 0.422 e. The van der Waals surface area contributed by atoms with E-state index in [0.29, 0.717) is 12.1 Å². The average Bonchev–Trinajstić information content (AvgIpc) is 2.40. The van der Waals surface area contributed by atoms with E-state index in [1.165, 1.54) is 13.8 Å². The lowest BCUT2D eigenvalue weighted by Gasteiger charge is -2.29. The Labute approximate surface area is 132 Å². The lowest BCUT2D eigenvalue weighted by Crippen LogP contribution is -2.41. The first-order valence-corrected chi connectivity index (χ1v) is 6.45. The summed E-state index contributed by atoms with van der Waals surface area (Å²) in [5.41, 5.74) is -3.37. The molecule has 1 aliphatic heterocycles. The first kappa shape index (κ1) is 17.4. The van der Waals surface area contributed by atoms with Gasteiger partial charge < -0.3 is 9.47 Å². The number of alkyl halides is 3. The highest BCUT2D eigenvalue weighted by Gasteiger charge is 2.40. The van der Waals surface area contributed by atoms with Crippen molar-refractivity contribution in [1.29, 1.82) is 0 Å². The molecule has 0 atom stereocenters. The van der Waals surface area contributed by atoms with Crippen molar-refractivity contribution < 1.29 is 37.2 Å². The predicted octanol–water partition coefficient (Wildman–Crippen LogP) is 2.83. The molecule has 24 heavy (non-hydrogen) atoms. The first-order chi connectivity index (χ1) is 10.9. The minimum absolute atomic E-state index is 0.154. The van der Waals surface area contributed by atoms with Gasteiger partial charge in [0.25, 0.3) is 11.5 Å². The summed E-state index contributed by atoms with van der Waals surface area (Å²) in [5.74, 6) is -3.56. The second kappa shape index (κ2) is 5.62. The molecule has 7 nitrogen and oxygen atoms in total. The van der Waals surface area contributed by atoms with Gasteiger partial charge in [0.2, 0.25) is 0 Å². The molecule has 0 bridgehead atoms. The lowest BCUT2D eigenvalue weighted by atomic mass is 10.1. The van der Waals surface area contributed by atoms with Crippen molar-refractivity contribution >= 4 is 23.7 Å². The Morgan fingerprint density at radius 2 is 1.71 bits per heavy atom. The van der Waals surface area contributed by atoms with Gasteiger partial charge in [-0.3, -0.25) is 10.1 Å². The molecule has 0 aliphatic carbocycles. The van der Waals surface area contributed by atoms with Crippen LogP contribution in [0.3, 0.4) is 0 Å². The molecule has 0 saturated carbocycles. The Balaban J connectivity index is 2.47. The number of halogens is 3. The Hall–Kier alpha value is -2.91. The van der Waals surface area contributed by atoms with Crippen LogP contribution in [-0.2, 0) is 25.2 Å². The number of esters is 2. The summed E-state index contributed by atoms with van der Waals surface area (Å²) in [5, 5.41) is 10.8. The number of nitro benzene ring substituents is 1. The predicted molar refractivity (Wildman–Crippen MR) is 72.3 cm³/mol. The fourth-order valence-electron chi connectivity index (χ4n) is 1.97. The molecule has 2 rings (SSSR count). The average molecular weight is 345 g/mol. The summed E-state index contributed by atoms with van der Waals surface area (Å²) < 4.78 is 47.9. The van der Waals surface area contributed by atoms with Crippen molar-refractivity contribution in [2.75, 3.05) is 0 Å². The number of hydrogen-bond acceptors (Lipinski definition) is 6. The third kappa shape index (κ3) is 3.53. The van der Waals surface area contributed by atoms with Crippen LogP contribution >= 0.6 is 0 Å². The maximum absolute atomic E-state index is 12.7. The zero-order valence-corrected chi connectivity index (χ0v) is 12.3. The molecule has 1 aliphatic rings. The fourth-order valence-corrected chi connectivity index (χ4v) is 1.97. The van der Waals surface area contributed by atoms with Crippen molar-refractivity contribution in [2.45, 2.75) is 25.8 Å². The first-order valence-electron chi connectivity index (χ1n) is 6.45. The number of cyclic esters (lactones) is 2. The molecule has 1 aromatic rings. The van der Waals surface area contributed by atoms with Crippen molar-refractivity contribution in [1.82, 2.24) is 0 Å². The molecule has 1 heterocycles. The van der Waals surface area contributed by atoms with Crippen molar-refractivity contribution in [3.63, 3.8) is 0 Å². The quantitative estimate of drug-likeness (QED) is 0.269. The number of nitrogens with zero attached hydrogens (tertiary/aromatic N) is 1. The molecular weight excluding hydrogens is 335 g/mol. The van der Waals surface area contributed by atoms with E-state index >= 15 is 0 Å². The van der Waals surface area contributed by atoms with Gasteiger partial charge in [-0.25, -0.2) is 9.59 Å². The van der Waals surface area contributed by atoms with E-state index in [1.807, 2.05) is 0 Å². The normalized spacial score (nSPS) is 17.1. The van der Waals surface area contributed by atoms with E-state index in [9.17, 15) is 32.9 Å². The van der Waals surface area contributed by atoms with Gasteiger partial charge in [-0.1, -0.05) is 6.07 Å². The van der Waals surface area contributed by atoms with Crippen LogP contribution in [0.15, 0.2) is 23.8 Å². The van der Waals surface area contributed by atoms with Crippen molar-refractivity contribution in [3.05, 3.63) is 45.0 Å². The highest BCUT2D eigenvalue weighted by Crippen LogP contribution is 2.37. The Morgan fingerprint density at radius 3 is 2.17 bits per heavy atom. The summed E-state index contributed by atoms with van der Waals surface area (Å²) >= 11 is 0. The molecule has 0 radical (unpaired) electrons. The van der Waals surface area contributed by atoms with Crippen LogP contribution in [0.25, 0.3) is 6.08 Å². The largest absolute Gasteiger partial charge is 0.422 e. The molecule has 10 heteroatoms. The molecule has 0 N–H and O–H groups in total. The highest BCUT2D eigenvalue weighted by atomic mass is 19.4. The van der Waals surface area contributed by atoms with Gasteiger partial charge in [0.1, 0.15) is 11.1 Å². The minimum atomic E-state index is -4.92. The van der Waals surface area contributed by atoms with Crippen LogP contribution in [0.1, 0.15) is 25.0 Å². The van der Waals surface area contributed by atoms with Gasteiger partial charge in [-0.15, -0.1) is 0 Å². The Kier molecular flexibility index (Phi) is 4.09. The zero-order valence-electron chi connectivity index (χ0n) is 12.3. The van der Waals surface area contributed by atoms with Gasteiger partial charge in [0, 0.05) is 19.9 Å². The molecular formula is C14H10F3NO6. The second-order valence-corrected chi connectivity index (χ2v) is 5.27. The molecule has 1 aromatic carbocycles. The number of carbonyl (C=O) groups excluding carboxylic acids is 2. The van der Waals surface area contributed by atoms with Crippen LogP contribution in [0.4, 0.5) is 18.9 Å². The third-order valence-corrected chi connectivity index (χ3v) is 2.95. The number of hydrogen-bond donors (Lipinski definition) is 0. The molecule has 0 aromatic heterocycles. The zero-order chi connectivity index (χ0) is 18.3. The van der Waals surface area contributed by atoms with E-state index in [2.05, 4.69) is 0 Å². The van der Waals surface area contributed by atoms with Crippen molar-refractivity contribution in [2.24, 2.45) is 0 Å². The van der Waals surface area contributed by atoms with Gasteiger partial charge in [-0.2, -0.15) is 13.2 Å². The van der Waals surface area contributed by atoms with E-state index in [4.69, 9.17) is 9.47 Å². The SMILES string of the molecule is CC1(C)OC(=O)C(=Cc2ccc(C(F)(F)F)c([N+](=O)[O-])c2)C(=O)O1. The summed E-state index contributed by atoms with van der Waals surface area (Å²) in [6, 6.07) is 1.99. The maximum atomic E-state index is 12.7. The van der Waals surface area contributed by atoms with Crippen molar-refractivity contribution in [3.8, 4) is 0 Å². The number of carbonyl (C=O) groups is 2. The number of nitro groups is 1. The molecule has 0 amide bonds. The molecule has 0 unspecified atom stereocenters. The van der Waals surface area contributed by atoms with Crippen LogP contribution in [0, 0.1) is 10.1 Å². The van der Waals surface area contributed by atoms with E-state index in [1.54, 1.807) is 0 Å². The number of ether oxygens (including phenoxy) is 2. The topological polar surface area (TPSA) is 95.7 Å². The van der Waals surface area contributed by atoms with Crippen LogP contribution in [0.5, 0.6) is 0 Å². The monoisotopic (exact) mass is 345 g/mol. The molecule has 1 saturated heterocycles. The smallest absolute Gasteiger partial charge is 0.419 e. The standard InChI is InChI=1S/C14H10F3NO6/c1-13(2)23-11(19)8(12(20)24-13)5-7-3-4-9(14(15,16)17)10(6-7)18(21)22/h3-6H,1-2H3. The van der Waals surface area contributed by atoms with Crippen LogP contribution < -0.4 is 0 Å². The summed E-state index contributed by atoms with van der Waals surface area (Å²) in [7, 11) is 0. The number of rotatable bonds is 2. The van der Waals surface area contributed by atoms with E-state index in [0.717, 1.165) is 12.1 Å². The van der Waals surface area contributed by atoms with Gasteiger partial charge in [0.15, 0.2) is 0 Å². The van der Waals surface area contributed by atoms with Crippen LogP contribution in [0.2, 0.25) is 0 Å². The van der Waals surface area contributed by atoms with Gasteiger partial charge in [-0.05, 0) is 17.7 Å². The fraction of sp³-hybridized carbons (Fsp3) is 0.286. The molecule has 1 fully saturated rings. The Morgan fingerprint density at radius 1 is 1.17 bits per heavy atom. The molecule has 128 valence electrons. The summed E-state index contributed by atoms with van der Waals surface area (Å²) in [6.07, 6.45) is -4.05. The summed E-state index contributed by atoms with van der Waals surface area (Å²) in [4.78, 5) is 33.2. The van der Waals surface area contributed by atoms with Crippen LogP contribution in [-0.4, -0.2) is 22.6 Å². The lowest BCUT2D eigenvalue weighted by molar-refractivity contribution is -0.388. The number of benzene rings is 1. The van der Waals surface area contributed by atoms with E-state index in [-0.39, 0.29) is 5.56 Å². The Bertz CT molecular complexity index is 744. The highest BCUT2D eigenvalue weighted by molar-refractivity contribution is 6.18.